The van der Waals surface area contributed by atoms with Gasteiger partial charge in [0.05, 0.1) is 0 Å². The number of benzene rings is 2. The maximum atomic E-state index is 2.26. The third kappa shape index (κ3) is 2.38. The fourth-order valence-electron chi connectivity index (χ4n) is 2.21. The van der Waals surface area contributed by atoms with E-state index >= 15 is 0 Å². The Balaban J connectivity index is 0.000000574. The van der Waals surface area contributed by atoms with Gasteiger partial charge in [-0.25, -0.2) is 0 Å². The maximum Gasteiger partial charge on any atom is -0.00752 e. The third-order valence-corrected chi connectivity index (χ3v) is 3.15. The molecule has 0 amide bonds. The monoisotopic (exact) mass is 236 g/mol. The van der Waals surface area contributed by atoms with Crippen molar-refractivity contribution in [2.75, 3.05) is 0 Å². The zero-order chi connectivity index (χ0) is 13.0. The van der Waals surface area contributed by atoms with Crippen LogP contribution in [-0.4, -0.2) is 0 Å². The summed E-state index contributed by atoms with van der Waals surface area (Å²) in [5.74, 6) is 0.520. The molecule has 1 unspecified atom stereocenters. The average Bonchev–Trinajstić information content (AvgIpc) is 2.63. The minimum Gasteiger partial charge on any atom is -0.0773 e. The Bertz CT molecular complexity index is 588. The number of rotatable bonds is 0. The van der Waals surface area contributed by atoms with E-state index in [2.05, 4.69) is 67.6 Å². The lowest BCUT2D eigenvalue weighted by atomic mass is 9.99. The summed E-state index contributed by atoms with van der Waals surface area (Å²) in [5, 5.41) is 2.66. The van der Waals surface area contributed by atoms with Gasteiger partial charge >= 0.3 is 0 Å². The molecule has 0 aliphatic heterocycles. The second kappa shape index (κ2) is 5.68. The Morgan fingerprint density at radius 1 is 0.833 bits per heavy atom. The highest BCUT2D eigenvalue weighted by Crippen LogP contribution is 2.27. The highest BCUT2D eigenvalue weighted by molar-refractivity contribution is 5.94. The van der Waals surface area contributed by atoms with E-state index in [1.54, 1.807) is 0 Å². The first kappa shape index (κ1) is 12.6. The van der Waals surface area contributed by atoms with Crippen LogP contribution >= 0.6 is 0 Å². The molecule has 0 saturated carbocycles. The molecule has 1 atom stereocenters. The fraction of sp³-hybridized carbons (Fsp3) is 0.222. The second-order valence-electron chi connectivity index (χ2n) is 4.37. The molecular formula is C18H20. The molecule has 1 aliphatic carbocycles. The first-order valence-corrected chi connectivity index (χ1v) is 6.73. The zero-order valence-electron chi connectivity index (χ0n) is 11.4. The van der Waals surface area contributed by atoms with Gasteiger partial charge in [0.25, 0.3) is 0 Å². The number of allylic oxidation sites excluding steroid dienone is 2. The van der Waals surface area contributed by atoms with E-state index in [9.17, 15) is 0 Å². The summed E-state index contributed by atoms with van der Waals surface area (Å²) in [6.45, 7) is 6.21. The third-order valence-electron chi connectivity index (χ3n) is 3.15. The predicted molar refractivity (Wildman–Crippen MR) is 82.5 cm³/mol. The van der Waals surface area contributed by atoms with Crippen molar-refractivity contribution in [1.82, 2.24) is 0 Å². The van der Waals surface area contributed by atoms with Crippen molar-refractivity contribution < 1.29 is 0 Å². The van der Waals surface area contributed by atoms with Gasteiger partial charge in [0.1, 0.15) is 0 Å². The molecule has 2 aromatic carbocycles. The molecule has 0 saturated heterocycles. The molecule has 0 radical (unpaired) electrons. The number of fused-ring (bicyclic) bond motifs is 3. The molecular weight excluding hydrogens is 216 g/mol. The van der Waals surface area contributed by atoms with Crippen molar-refractivity contribution in [2.45, 2.75) is 20.8 Å². The van der Waals surface area contributed by atoms with E-state index in [0.717, 1.165) is 0 Å². The molecule has 0 bridgehead atoms. The van der Waals surface area contributed by atoms with E-state index in [4.69, 9.17) is 0 Å². The standard InChI is InChI=1S/C16H14.C2H6/c1-12-6-8-14-10-9-13-4-2-3-5-15(13)16(14)11-7-12;1-2/h2-12H,1H3;1-2H3. The molecule has 92 valence electrons. The van der Waals surface area contributed by atoms with Crippen LogP contribution in [0.5, 0.6) is 0 Å². The molecule has 0 heteroatoms. The maximum absolute atomic E-state index is 2.26. The normalized spacial score (nSPS) is 16.7. The lowest BCUT2D eigenvalue weighted by Crippen LogP contribution is -1.82. The lowest BCUT2D eigenvalue weighted by molar-refractivity contribution is 0.954. The molecule has 1 aliphatic rings. The minimum atomic E-state index is 0.520. The first-order valence-electron chi connectivity index (χ1n) is 6.73. The number of hydrogen-bond donors (Lipinski definition) is 0. The molecule has 3 rings (SSSR count). The molecule has 0 aromatic heterocycles. The van der Waals surface area contributed by atoms with Crippen molar-refractivity contribution in [3.05, 3.63) is 59.7 Å². The molecule has 0 N–H and O–H groups in total. The van der Waals surface area contributed by atoms with Crippen LogP contribution in [0.25, 0.3) is 22.9 Å². The van der Waals surface area contributed by atoms with Gasteiger partial charge in [-0.1, -0.05) is 81.5 Å². The largest absolute Gasteiger partial charge is 0.0773 e. The Morgan fingerprint density at radius 2 is 1.56 bits per heavy atom. The summed E-state index contributed by atoms with van der Waals surface area (Å²) in [7, 11) is 0. The molecule has 18 heavy (non-hydrogen) atoms. The Kier molecular flexibility index (Phi) is 3.99. The van der Waals surface area contributed by atoms with Crippen LogP contribution in [-0.2, 0) is 0 Å². The van der Waals surface area contributed by atoms with Gasteiger partial charge in [-0.05, 0) is 27.8 Å². The SMILES string of the molecule is CC.CC1C=Cc2ccc3ccccc3c2C=C1. The van der Waals surface area contributed by atoms with Crippen LogP contribution in [0.2, 0.25) is 0 Å². The van der Waals surface area contributed by atoms with Crippen molar-refractivity contribution in [3.8, 4) is 0 Å². The summed E-state index contributed by atoms with van der Waals surface area (Å²) >= 11 is 0. The summed E-state index contributed by atoms with van der Waals surface area (Å²) in [4.78, 5) is 0. The van der Waals surface area contributed by atoms with Crippen LogP contribution < -0.4 is 0 Å². The van der Waals surface area contributed by atoms with E-state index in [0.29, 0.717) is 5.92 Å². The van der Waals surface area contributed by atoms with Crippen molar-refractivity contribution in [3.63, 3.8) is 0 Å². The van der Waals surface area contributed by atoms with Crippen molar-refractivity contribution in [1.29, 1.82) is 0 Å². The molecule has 0 heterocycles. The van der Waals surface area contributed by atoms with Crippen LogP contribution in [0, 0.1) is 5.92 Å². The smallest absolute Gasteiger partial charge is 0.00752 e. The Hall–Kier alpha value is -1.82. The van der Waals surface area contributed by atoms with Gasteiger partial charge in [0, 0.05) is 0 Å². The van der Waals surface area contributed by atoms with Gasteiger partial charge in [0.2, 0.25) is 0 Å². The van der Waals surface area contributed by atoms with Gasteiger partial charge < -0.3 is 0 Å². The highest BCUT2D eigenvalue weighted by Gasteiger charge is 2.05. The lowest BCUT2D eigenvalue weighted by Gasteiger charge is -2.05. The topological polar surface area (TPSA) is 0 Å². The molecule has 0 spiro atoms. The first-order chi connectivity index (χ1) is 8.84. The highest BCUT2D eigenvalue weighted by atomic mass is 14.1. The minimum absolute atomic E-state index is 0.520. The molecule has 2 aromatic rings. The van der Waals surface area contributed by atoms with Gasteiger partial charge in [-0.15, -0.1) is 0 Å². The zero-order valence-corrected chi connectivity index (χ0v) is 11.4. The number of hydrogen-bond acceptors (Lipinski definition) is 0. The van der Waals surface area contributed by atoms with Gasteiger partial charge in [-0.3, -0.25) is 0 Å². The van der Waals surface area contributed by atoms with Gasteiger partial charge in [0.15, 0.2) is 0 Å². The van der Waals surface area contributed by atoms with Crippen LogP contribution in [0.1, 0.15) is 31.9 Å². The Morgan fingerprint density at radius 3 is 2.39 bits per heavy atom. The van der Waals surface area contributed by atoms with Crippen molar-refractivity contribution >= 4 is 22.9 Å². The summed E-state index contributed by atoms with van der Waals surface area (Å²) in [5.41, 5.74) is 2.66. The van der Waals surface area contributed by atoms with Gasteiger partial charge in [-0.2, -0.15) is 0 Å². The Labute approximate surface area is 110 Å². The van der Waals surface area contributed by atoms with E-state index in [1.807, 2.05) is 13.8 Å². The average molecular weight is 236 g/mol. The van der Waals surface area contributed by atoms with Crippen LogP contribution in [0.3, 0.4) is 0 Å². The molecule has 0 nitrogen and oxygen atoms in total. The molecule has 0 fully saturated rings. The van der Waals surface area contributed by atoms with E-state index in [1.165, 1.54) is 21.9 Å². The van der Waals surface area contributed by atoms with Crippen LogP contribution in [0.15, 0.2) is 48.6 Å². The summed E-state index contributed by atoms with van der Waals surface area (Å²) in [6, 6.07) is 13.0. The van der Waals surface area contributed by atoms with E-state index in [-0.39, 0.29) is 0 Å². The van der Waals surface area contributed by atoms with E-state index < -0.39 is 0 Å². The summed E-state index contributed by atoms with van der Waals surface area (Å²) < 4.78 is 0. The van der Waals surface area contributed by atoms with Crippen molar-refractivity contribution in [2.24, 2.45) is 5.92 Å². The fourth-order valence-corrected chi connectivity index (χ4v) is 2.21. The van der Waals surface area contributed by atoms with Crippen LogP contribution in [0.4, 0.5) is 0 Å². The quantitative estimate of drug-likeness (QED) is 0.563. The summed E-state index contributed by atoms with van der Waals surface area (Å²) in [6.07, 6.45) is 8.99. The second-order valence-corrected chi connectivity index (χ2v) is 4.37. The predicted octanol–water partition coefficient (Wildman–Crippen LogP) is 5.54.